The maximum atomic E-state index is 9.13. The quantitative estimate of drug-likeness (QED) is 0.654. The third-order valence-electron chi connectivity index (χ3n) is 4.31. The van der Waals surface area contributed by atoms with E-state index in [9.17, 15) is 0 Å². The van der Waals surface area contributed by atoms with Crippen molar-refractivity contribution in [1.29, 1.82) is 0 Å². The minimum Gasteiger partial charge on any atom is -0.396 e. The molecule has 0 bridgehead atoms. The molecule has 0 rings (SSSR count). The van der Waals surface area contributed by atoms with E-state index in [1.54, 1.807) is 0 Å². The van der Waals surface area contributed by atoms with Crippen LogP contribution in [0.5, 0.6) is 0 Å². The Morgan fingerprint density at radius 1 is 0.905 bits per heavy atom. The lowest BCUT2D eigenvalue weighted by Crippen LogP contribution is -2.20. The van der Waals surface area contributed by atoms with E-state index in [4.69, 9.17) is 15.3 Å². The van der Waals surface area contributed by atoms with Gasteiger partial charge in [-0.25, -0.2) is 0 Å². The van der Waals surface area contributed by atoms with Gasteiger partial charge in [-0.3, -0.25) is 0 Å². The molecule has 132 valence electrons. The Labute approximate surface area is 133 Å². The first-order valence-electron chi connectivity index (χ1n) is 8.62. The molecule has 3 atom stereocenters. The molecule has 0 aromatic carbocycles. The minimum absolute atomic E-state index is 0.134. The molecule has 0 fully saturated rings. The van der Waals surface area contributed by atoms with Crippen LogP contribution >= 0.6 is 0 Å². The number of aliphatic hydroxyl groups excluding tert-OH is 2. The van der Waals surface area contributed by atoms with Gasteiger partial charge < -0.3 is 15.3 Å². The molecule has 0 saturated carbocycles. The molecule has 21 heavy (non-hydrogen) atoms. The predicted molar refractivity (Wildman–Crippen MR) is 93.5 cm³/mol. The average Bonchev–Trinajstić information content (AvgIpc) is 2.47. The van der Waals surface area contributed by atoms with Crippen molar-refractivity contribution >= 4 is 0 Å². The SMILES string of the molecule is CCC(C)(O)CC.CCC(C)C(C)O.CCC(C)CCO. The van der Waals surface area contributed by atoms with E-state index >= 15 is 0 Å². The summed E-state index contributed by atoms with van der Waals surface area (Å²) in [5.74, 6) is 1.16. The van der Waals surface area contributed by atoms with E-state index in [-0.39, 0.29) is 6.10 Å². The smallest absolute Gasteiger partial charge is 0.0614 e. The lowest BCUT2D eigenvalue weighted by Gasteiger charge is -2.17. The third kappa shape index (κ3) is 22.3. The molecular formula is C18H42O3. The van der Waals surface area contributed by atoms with Crippen molar-refractivity contribution in [3.05, 3.63) is 0 Å². The Morgan fingerprint density at radius 2 is 1.33 bits per heavy atom. The fourth-order valence-corrected chi connectivity index (χ4v) is 1.02. The van der Waals surface area contributed by atoms with E-state index in [2.05, 4.69) is 20.8 Å². The second kappa shape index (κ2) is 16.3. The first kappa shape index (κ1) is 25.8. The van der Waals surface area contributed by atoms with Gasteiger partial charge in [0.25, 0.3) is 0 Å². The average molecular weight is 307 g/mol. The molecule has 3 unspecified atom stereocenters. The third-order valence-corrected chi connectivity index (χ3v) is 4.31. The Bertz CT molecular complexity index is 185. The van der Waals surface area contributed by atoms with Gasteiger partial charge in [-0.1, -0.05) is 54.4 Å². The summed E-state index contributed by atoms with van der Waals surface area (Å²) in [6, 6.07) is 0. The van der Waals surface area contributed by atoms with Gasteiger partial charge in [0.2, 0.25) is 0 Å². The molecule has 0 aliphatic carbocycles. The van der Waals surface area contributed by atoms with Crippen molar-refractivity contribution in [3.63, 3.8) is 0 Å². The van der Waals surface area contributed by atoms with Crippen LogP contribution in [-0.4, -0.2) is 33.6 Å². The van der Waals surface area contributed by atoms with Crippen LogP contribution in [0.2, 0.25) is 0 Å². The van der Waals surface area contributed by atoms with Gasteiger partial charge in [0.1, 0.15) is 0 Å². The van der Waals surface area contributed by atoms with Crippen LogP contribution in [0.15, 0.2) is 0 Å². The largest absolute Gasteiger partial charge is 0.396 e. The van der Waals surface area contributed by atoms with E-state index in [1.165, 1.54) is 6.42 Å². The summed E-state index contributed by atoms with van der Waals surface area (Å²) in [7, 11) is 0. The van der Waals surface area contributed by atoms with Gasteiger partial charge in [-0.15, -0.1) is 0 Å². The first-order valence-corrected chi connectivity index (χ1v) is 8.62. The number of aliphatic hydroxyl groups is 3. The molecule has 0 aromatic rings. The Hall–Kier alpha value is -0.120. The number of hydrogen-bond donors (Lipinski definition) is 3. The lowest BCUT2D eigenvalue weighted by atomic mass is 10.0. The summed E-state index contributed by atoms with van der Waals surface area (Å²) in [4.78, 5) is 0. The molecule has 3 N–H and O–H groups in total. The van der Waals surface area contributed by atoms with Crippen LogP contribution in [0.1, 0.15) is 87.5 Å². The van der Waals surface area contributed by atoms with E-state index < -0.39 is 5.60 Å². The molecule has 0 amide bonds. The maximum Gasteiger partial charge on any atom is 0.0614 e. The van der Waals surface area contributed by atoms with Crippen molar-refractivity contribution in [2.75, 3.05) is 6.61 Å². The second-order valence-corrected chi connectivity index (χ2v) is 6.36. The van der Waals surface area contributed by atoms with Gasteiger partial charge in [-0.2, -0.15) is 0 Å². The fourth-order valence-electron chi connectivity index (χ4n) is 1.02. The van der Waals surface area contributed by atoms with Crippen LogP contribution < -0.4 is 0 Å². The fraction of sp³-hybridized carbons (Fsp3) is 1.00. The summed E-state index contributed by atoms with van der Waals surface area (Å²) in [6.45, 7) is 16.4. The molecule has 0 radical (unpaired) electrons. The standard InChI is InChI=1S/3C6H14O/c1-4-6(3,7)5-2;1-4-5(2)6(3)7;1-3-6(2)4-5-7/h7H,4-5H2,1-3H3;5-7H,4H2,1-3H3;6-7H,3-5H2,1-2H3. The van der Waals surface area contributed by atoms with Crippen LogP contribution in [0.25, 0.3) is 0 Å². The molecule has 0 aliphatic rings. The van der Waals surface area contributed by atoms with Crippen molar-refractivity contribution in [2.24, 2.45) is 11.8 Å². The summed E-state index contributed by atoms with van der Waals surface area (Å²) in [6.07, 6.45) is 4.77. The highest BCUT2D eigenvalue weighted by Gasteiger charge is 2.12. The second-order valence-electron chi connectivity index (χ2n) is 6.36. The Morgan fingerprint density at radius 3 is 1.38 bits per heavy atom. The van der Waals surface area contributed by atoms with Crippen LogP contribution in [-0.2, 0) is 0 Å². The van der Waals surface area contributed by atoms with Crippen LogP contribution in [0.4, 0.5) is 0 Å². The van der Waals surface area contributed by atoms with Crippen molar-refractivity contribution in [2.45, 2.75) is 99.2 Å². The highest BCUT2D eigenvalue weighted by molar-refractivity contribution is 4.65. The van der Waals surface area contributed by atoms with Crippen molar-refractivity contribution in [3.8, 4) is 0 Å². The molecule has 3 heteroatoms. The topological polar surface area (TPSA) is 60.7 Å². The molecule has 0 aromatic heterocycles. The molecule has 0 heterocycles. The zero-order valence-electron chi connectivity index (χ0n) is 15.8. The summed E-state index contributed by atoms with van der Waals surface area (Å²) in [5.41, 5.74) is -0.417. The van der Waals surface area contributed by atoms with Gasteiger partial charge >= 0.3 is 0 Å². The van der Waals surface area contributed by atoms with Gasteiger partial charge in [0.15, 0.2) is 0 Å². The number of hydrogen-bond acceptors (Lipinski definition) is 3. The molecule has 3 nitrogen and oxygen atoms in total. The first-order chi connectivity index (χ1) is 9.61. The van der Waals surface area contributed by atoms with E-state index in [1.807, 2.05) is 34.6 Å². The summed E-state index contributed by atoms with van der Waals surface area (Å²) >= 11 is 0. The van der Waals surface area contributed by atoms with Crippen LogP contribution in [0.3, 0.4) is 0 Å². The zero-order valence-corrected chi connectivity index (χ0v) is 15.8. The summed E-state index contributed by atoms with van der Waals surface area (Å²) in [5, 5.41) is 26.3. The zero-order chi connectivity index (χ0) is 17.5. The van der Waals surface area contributed by atoms with Gasteiger partial charge in [0.05, 0.1) is 11.7 Å². The highest BCUT2D eigenvalue weighted by atomic mass is 16.3. The predicted octanol–water partition coefficient (Wildman–Crippen LogP) is 4.39. The minimum atomic E-state index is -0.417. The molecular weight excluding hydrogens is 264 g/mol. The monoisotopic (exact) mass is 306 g/mol. The lowest BCUT2D eigenvalue weighted by molar-refractivity contribution is 0.0521. The highest BCUT2D eigenvalue weighted by Crippen LogP contribution is 2.11. The molecule has 0 spiro atoms. The normalized spacial score (nSPS) is 15.0. The van der Waals surface area contributed by atoms with Crippen molar-refractivity contribution in [1.82, 2.24) is 0 Å². The summed E-state index contributed by atoms with van der Waals surface area (Å²) < 4.78 is 0. The molecule has 0 saturated heterocycles. The van der Waals surface area contributed by atoms with Crippen molar-refractivity contribution < 1.29 is 15.3 Å². The van der Waals surface area contributed by atoms with E-state index in [0.29, 0.717) is 18.4 Å². The Kier molecular flexibility index (Phi) is 20.0. The maximum absolute atomic E-state index is 9.13. The van der Waals surface area contributed by atoms with Gasteiger partial charge in [-0.05, 0) is 44.9 Å². The number of rotatable bonds is 7. The van der Waals surface area contributed by atoms with Crippen LogP contribution in [0, 0.1) is 11.8 Å². The Balaban J connectivity index is -0.000000231. The van der Waals surface area contributed by atoms with Gasteiger partial charge in [0, 0.05) is 6.61 Å². The molecule has 0 aliphatic heterocycles. The van der Waals surface area contributed by atoms with E-state index in [0.717, 1.165) is 25.7 Å².